The summed E-state index contributed by atoms with van der Waals surface area (Å²) in [5, 5.41) is 9.88. The lowest BCUT2D eigenvalue weighted by atomic mass is 10.0. The van der Waals surface area contributed by atoms with Crippen molar-refractivity contribution < 1.29 is 17.5 Å². The van der Waals surface area contributed by atoms with E-state index in [9.17, 15) is 13.2 Å². The number of amides is 1. The molecular formula is C27H25N3O4S. The summed E-state index contributed by atoms with van der Waals surface area (Å²) in [5.74, 6) is -0.0589. The van der Waals surface area contributed by atoms with E-state index in [1.165, 1.54) is 12.1 Å². The summed E-state index contributed by atoms with van der Waals surface area (Å²) in [7, 11) is -3.98. The average Bonchev–Trinajstić information content (AvgIpc) is 2.87. The highest BCUT2D eigenvalue weighted by Crippen LogP contribution is 2.22. The van der Waals surface area contributed by atoms with Crippen molar-refractivity contribution in [3.8, 4) is 0 Å². The van der Waals surface area contributed by atoms with Crippen molar-refractivity contribution in [2.45, 2.75) is 31.1 Å². The van der Waals surface area contributed by atoms with Crippen LogP contribution < -0.4 is 5.48 Å². The number of rotatable bonds is 8. The smallest absolute Gasteiger partial charge is 0.271 e. The topological polar surface area (TPSA) is 97.2 Å². The van der Waals surface area contributed by atoms with Gasteiger partial charge in [-0.2, -0.15) is 8.42 Å². The first-order chi connectivity index (χ1) is 16.8. The van der Waals surface area contributed by atoms with E-state index in [2.05, 4.69) is 15.7 Å². The van der Waals surface area contributed by atoms with E-state index in [4.69, 9.17) is 4.28 Å². The second-order valence-electron chi connectivity index (χ2n) is 8.32. The third-order valence-corrected chi connectivity index (χ3v) is 6.62. The Morgan fingerprint density at radius 1 is 0.886 bits per heavy atom. The zero-order valence-electron chi connectivity index (χ0n) is 19.4. The number of nitrogens with one attached hydrogen (secondary N) is 1. The van der Waals surface area contributed by atoms with Gasteiger partial charge in [-0.05, 0) is 64.2 Å². The van der Waals surface area contributed by atoms with E-state index in [-0.39, 0.29) is 17.2 Å². The lowest BCUT2D eigenvalue weighted by Gasteiger charge is -2.09. The number of fused-ring (bicyclic) bond motifs is 1. The molecule has 178 valence electrons. The monoisotopic (exact) mass is 487 g/mol. The van der Waals surface area contributed by atoms with E-state index in [1.54, 1.807) is 36.4 Å². The Kier molecular flexibility index (Phi) is 7.33. The predicted octanol–water partition coefficient (Wildman–Crippen LogP) is 6.55. The van der Waals surface area contributed by atoms with Gasteiger partial charge in [0.25, 0.3) is 5.91 Å². The van der Waals surface area contributed by atoms with E-state index in [0.29, 0.717) is 17.3 Å². The molecule has 1 N–H and O–H groups in total. The third-order valence-electron chi connectivity index (χ3n) is 5.47. The minimum Gasteiger partial charge on any atom is -0.271 e. The first-order valence-corrected chi connectivity index (χ1v) is 12.5. The summed E-state index contributed by atoms with van der Waals surface area (Å²) >= 11 is 0. The standard InChI is InChI=1S/C27H25N3O4S/c1-19(2)20-10-16-25(17-11-20)35(32,33)34-30-24-14-12-23(13-15-24)28-29-27(31)18-22-8-5-7-21-6-3-4-9-26(21)22/h3-17,19,30H,18H2,1-2H3. The van der Waals surface area contributed by atoms with Crippen LogP contribution in [-0.2, 0) is 25.6 Å². The lowest BCUT2D eigenvalue weighted by molar-refractivity contribution is -0.117. The zero-order valence-corrected chi connectivity index (χ0v) is 20.2. The summed E-state index contributed by atoms with van der Waals surface area (Å²) in [6.45, 7) is 4.07. The summed E-state index contributed by atoms with van der Waals surface area (Å²) in [6.07, 6.45) is 0.147. The van der Waals surface area contributed by atoms with Crippen LogP contribution in [0.15, 0.2) is 106 Å². The third kappa shape index (κ3) is 6.17. The summed E-state index contributed by atoms with van der Waals surface area (Å²) in [6, 6.07) is 26.6. The Morgan fingerprint density at radius 2 is 1.57 bits per heavy atom. The molecule has 0 bridgehead atoms. The first kappa shape index (κ1) is 24.3. The fraction of sp³-hybridized carbons (Fsp3) is 0.148. The van der Waals surface area contributed by atoms with Gasteiger partial charge in [0.15, 0.2) is 0 Å². The van der Waals surface area contributed by atoms with E-state index >= 15 is 0 Å². The zero-order chi connectivity index (χ0) is 24.8. The van der Waals surface area contributed by atoms with Crippen LogP contribution in [0.2, 0.25) is 0 Å². The molecule has 0 fully saturated rings. The second kappa shape index (κ2) is 10.6. The molecule has 0 aliphatic carbocycles. The van der Waals surface area contributed by atoms with Gasteiger partial charge in [0, 0.05) is 0 Å². The number of benzene rings is 4. The number of nitrogens with zero attached hydrogens (tertiary/aromatic N) is 2. The Hall–Kier alpha value is -3.88. The molecule has 0 spiro atoms. The molecule has 4 rings (SSSR count). The Morgan fingerprint density at radius 3 is 2.29 bits per heavy atom. The van der Waals surface area contributed by atoms with E-state index in [0.717, 1.165) is 21.9 Å². The first-order valence-electron chi connectivity index (χ1n) is 11.1. The van der Waals surface area contributed by atoms with Crippen molar-refractivity contribution in [2.24, 2.45) is 10.2 Å². The van der Waals surface area contributed by atoms with Crippen molar-refractivity contribution in [3.63, 3.8) is 0 Å². The van der Waals surface area contributed by atoms with Crippen LogP contribution in [0.5, 0.6) is 0 Å². The molecule has 0 heterocycles. The van der Waals surface area contributed by atoms with Crippen LogP contribution in [0.4, 0.5) is 11.4 Å². The molecule has 35 heavy (non-hydrogen) atoms. The van der Waals surface area contributed by atoms with Crippen LogP contribution in [0, 0.1) is 0 Å². The SMILES string of the molecule is CC(C)c1ccc(S(=O)(=O)ONc2ccc(N=NC(=O)Cc3cccc4ccccc34)cc2)cc1. The lowest BCUT2D eigenvalue weighted by Crippen LogP contribution is -2.11. The number of carbonyl (C=O) groups excluding carboxylic acids is 1. The van der Waals surface area contributed by atoms with Crippen LogP contribution in [-0.4, -0.2) is 14.3 Å². The van der Waals surface area contributed by atoms with E-state index in [1.807, 2.05) is 56.3 Å². The molecule has 4 aromatic carbocycles. The highest BCUT2D eigenvalue weighted by Gasteiger charge is 2.16. The van der Waals surface area contributed by atoms with Crippen molar-refractivity contribution in [3.05, 3.63) is 102 Å². The fourth-order valence-corrected chi connectivity index (χ4v) is 4.30. The number of hydrogen-bond donors (Lipinski definition) is 1. The largest absolute Gasteiger partial charge is 0.317 e. The molecule has 0 aromatic heterocycles. The normalized spacial score (nSPS) is 11.9. The van der Waals surface area contributed by atoms with Gasteiger partial charge in [-0.25, -0.2) is 5.48 Å². The molecule has 7 nitrogen and oxygen atoms in total. The minimum atomic E-state index is -3.98. The van der Waals surface area contributed by atoms with Gasteiger partial charge in [-0.1, -0.05) is 68.4 Å². The molecule has 8 heteroatoms. The number of azo groups is 1. The molecule has 0 unspecified atom stereocenters. The van der Waals surface area contributed by atoms with Gasteiger partial charge in [0.2, 0.25) is 0 Å². The highest BCUT2D eigenvalue weighted by atomic mass is 32.2. The highest BCUT2D eigenvalue weighted by molar-refractivity contribution is 7.86. The van der Waals surface area contributed by atoms with Gasteiger partial charge >= 0.3 is 10.1 Å². The van der Waals surface area contributed by atoms with Crippen molar-refractivity contribution >= 4 is 38.2 Å². The van der Waals surface area contributed by atoms with Gasteiger partial charge in [-0.3, -0.25) is 4.79 Å². The van der Waals surface area contributed by atoms with Crippen LogP contribution in [0.25, 0.3) is 10.8 Å². The number of hydrogen-bond acceptors (Lipinski definition) is 6. The Balaban J connectivity index is 1.35. The Bertz CT molecular complexity index is 1460. The molecular weight excluding hydrogens is 462 g/mol. The maximum atomic E-state index is 12.4. The number of anilines is 1. The quantitative estimate of drug-likeness (QED) is 0.225. The molecule has 4 aromatic rings. The molecule has 0 aliphatic rings. The fourth-order valence-electron chi connectivity index (χ4n) is 3.53. The van der Waals surface area contributed by atoms with Crippen molar-refractivity contribution in [1.82, 2.24) is 0 Å². The summed E-state index contributed by atoms with van der Waals surface area (Å²) in [4.78, 5) is 12.4. The molecule has 0 aliphatic heterocycles. The van der Waals surface area contributed by atoms with Crippen LogP contribution >= 0.6 is 0 Å². The molecule has 0 radical (unpaired) electrons. The maximum Gasteiger partial charge on any atom is 0.317 e. The Labute approximate surface area is 204 Å². The van der Waals surface area contributed by atoms with Crippen LogP contribution in [0.3, 0.4) is 0 Å². The van der Waals surface area contributed by atoms with Gasteiger partial charge in [0.05, 0.1) is 22.7 Å². The minimum absolute atomic E-state index is 0.0597. The van der Waals surface area contributed by atoms with Crippen molar-refractivity contribution in [2.75, 3.05) is 5.48 Å². The predicted molar refractivity (Wildman–Crippen MR) is 136 cm³/mol. The second-order valence-corrected chi connectivity index (χ2v) is 9.87. The summed E-state index contributed by atoms with van der Waals surface area (Å²) < 4.78 is 29.8. The molecule has 0 atom stereocenters. The maximum absolute atomic E-state index is 12.4. The molecule has 0 saturated heterocycles. The summed E-state index contributed by atoms with van der Waals surface area (Å²) in [5.41, 5.74) is 5.23. The van der Waals surface area contributed by atoms with E-state index < -0.39 is 10.1 Å². The van der Waals surface area contributed by atoms with Gasteiger partial charge < -0.3 is 0 Å². The molecule has 0 saturated carbocycles. The van der Waals surface area contributed by atoms with Crippen molar-refractivity contribution in [1.29, 1.82) is 0 Å². The molecule has 1 amide bonds. The van der Waals surface area contributed by atoms with Gasteiger partial charge in [-0.15, -0.1) is 14.5 Å². The average molecular weight is 488 g/mol. The number of carbonyl (C=O) groups is 1. The van der Waals surface area contributed by atoms with Gasteiger partial charge in [0.1, 0.15) is 0 Å². The van der Waals surface area contributed by atoms with Crippen LogP contribution in [0.1, 0.15) is 30.9 Å².